The van der Waals surface area contributed by atoms with Crippen molar-refractivity contribution in [3.05, 3.63) is 82.8 Å². The molecule has 3 aromatic carbocycles. The molecule has 0 fully saturated rings. The second-order valence-electron chi connectivity index (χ2n) is 7.50. The number of para-hydroxylation sites is 1. The normalized spacial score (nSPS) is 10.5. The molecule has 2 amide bonds. The number of hydrogen-bond donors (Lipinski definition) is 2. The van der Waals surface area contributed by atoms with E-state index in [1.54, 1.807) is 24.3 Å². The lowest BCUT2D eigenvalue weighted by Gasteiger charge is -2.13. The summed E-state index contributed by atoms with van der Waals surface area (Å²) in [6.45, 7) is 4.45. The second kappa shape index (κ2) is 11.3. The Labute approximate surface area is 196 Å². The lowest BCUT2D eigenvalue weighted by Crippen LogP contribution is -2.43. The van der Waals surface area contributed by atoms with Crippen molar-refractivity contribution in [3.8, 4) is 22.6 Å². The van der Waals surface area contributed by atoms with E-state index in [0.29, 0.717) is 34.1 Å². The summed E-state index contributed by atoms with van der Waals surface area (Å²) >= 11 is 3.41. The van der Waals surface area contributed by atoms with Gasteiger partial charge in [0.2, 0.25) is 0 Å². The van der Waals surface area contributed by atoms with Gasteiger partial charge in [0.1, 0.15) is 11.5 Å². The van der Waals surface area contributed by atoms with E-state index in [9.17, 15) is 9.59 Å². The zero-order chi connectivity index (χ0) is 22.9. The van der Waals surface area contributed by atoms with Crippen molar-refractivity contribution in [2.45, 2.75) is 13.8 Å². The minimum Gasteiger partial charge on any atom is -0.492 e. The molecule has 0 aromatic heterocycles. The summed E-state index contributed by atoms with van der Waals surface area (Å²) in [4.78, 5) is 24.6. The van der Waals surface area contributed by atoms with Crippen molar-refractivity contribution in [2.75, 3.05) is 13.2 Å². The average molecular weight is 497 g/mol. The van der Waals surface area contributed by atoms with Gasteiger partial charge in [-0.15, -0.1) is 0 Å². The largest absolute Gasteiger partial charge is 0.492 e. The maximum atomic E-state index is 12.4. The van der Waals surface area contributed by atoms with Crippen LogP contribution in [0.3, 0.4) is 0 Å². The van der Waals surface area contributed by atoms with Gasteiger partial charge in [-0.25, -0.2) is 0 Å². The molecule has 32 heavy (non-hydrogen) atoms. The van der Waals surface area contributed by atoms with Crippen molar-refractivity contribution in [3.63, 3.8) is 0 Å². The molecule has 7 heteroatoms. The minimum absolute atomic E-state index is 0.240. The molecule has 166 valence electrons. The van der Waals surface area contributed by atoms with Crippen molar-refractivity contribution >= 4 is 27.7 Å². The van der Waals surface area contributed by atoms with Crippen LogP contribution in [-0.2, 0) is 4.79 Å². The first-order valence-electron chi connectivity index (χ1n) is 10.2. The van der Waals surface area contributed by atoms with Crippen LogP contribution in [0.4, 0.5) is 0 Å². The molecule has 0 atom stereocenters. The lowest BCUT2D eigenvalue weighted by atomic mass is 10.1. The van der Waals surface area contributed by atoms with Crippen LogP contribution in [0.2, 0.25) is 0 Å². The predicted octanol–water partition coefficient (Wildman–Crippen LogP) is 4.99. The van der Waals surface area contributed by atoms with Crippen molar-refractivity contribution in [1.82, 2.24) is 10.9 Å². The quantitative estimate of drug-likeness (QED) is 0.430. The van der Waals surface area contributed by atoms with Gasteiger partial charge in [0, 0.05) is 11.1 Å². The molecule has 0 radical (unpaired) electrons. The van der Waals surface area contributed by atoms with Crippen LogP contribution < -0.4 is 20.3 Å². The highest BCUT2D eigenvalue weighted by Gasteiger charge is 2.12. The topological polar surface area (TPSA) is 76.7 Å². The number of carbonyl (C=O) groups excluding carboxylic acids is 2. The third kappa shape index (κ3) is 6.59. The first kappa shape index (κ1) is 23.3. The Morgan fingerprint density at radius 3 is 2.31 bits per heavy atom. The van der Waals surface area contributed by atoms with E-state index < -0.39 is 11.8 Å². The maximum Gasteiger partial charge on any atom is 0.276 e. The number of amides is 2. The minimum atomic E-state index is -0.475. The first-order chi connectivity index (χ1) is 15.4. The molecule has 0 spiro atoms. The average Bonchev–Trinajstić information content (AvgIpc) is 2.81. The Bertz CT molecular complexity index is 1070. The van der Waals surface area contributed by atoms with Crippen molar-refractivity contribution < 1.29 is 19.1 Å². The molecule has 0 saturated carbocycles. The van der Waals surface area contributed by atoms with Gasteiger partial charge in [-0.1, -0.05) is 62.4 Å². The summed E-state index contributed by atoms with van der Waals surface area (Å²) in [5, 5.41) is 0. The van der Waals surface area contributed by atoms with Gasteiger partial charge in [0.15, 0.2) is 6.61 Å². The van der Waals surface area contributed by atoms with Crippen LogP contribution in [0.1, 0.15) is 24.2 Å². The lowest BCUT2D eigenvalue weighted by molar-refractivity contribution is -0.123. The third-order valence-electron chi connectivity index (χ3n) is 4.41. The molecular weight excluding hydrogens is 472 g/mol. The van der Waals surface area contributed by atoms with Crippen LogP contribution in [0.5, 0.6) is 11.5 Å². The number of hydrazine groups is 1. The van der Waals surface area contributed by atoms with Gasteiger partial charge >= 0.3 is 0 Å². The summed E-state index contributed by atoms with van der Waals surface area (Å²) in [5.74, 6) is 0.712. The highest BCUT2D eigenvalue weighted by molar-refractivity contribution is 9.10. The molecule has 0 aliphatic carbocycles. The van der Waals surface area contributed by atoms with Crippen molar-refractivity contribution in [2.24, 2.45) is 5.92 Å². The molecule has 3 rings (SSSR count). The van der Waals surface area contributed by atoms with Gasteiger partial charge in [0.05, 0.1) is 11.1 Å². The van der Waals surface area contributed by atoms with Gasteiger partial charge in [-0.2, -0.15) is 0 Å². The Morgan fingerprint density at radius 2 is 1.59 bits per heavy atom. The zero-order valence-electron chi connectivity index (χ0n) is 17.9. The summed E-state index contributed by atoms with van der Waals surface area (Å²) in [5.41, 5.74) is 7.02. The van der Waals surface area contributed by atoms with Crippen LogP contribution >= 0.6 is 15.9 Å². The fraction of sp³-hybridized carbons (Fsp3) is 0.200. The Kier molecular flexibility index (Phi) is 8.27. The SMILES string of the molecule is CC(C)COc1ccc(C(=O)NNC(=O)COc2ccccc2-c2ccccc2)cc1Br. The number of hydrogen-bond acceptors (Lipinski definition) is 4. The Morgan fingerprint density at radius 1 is 0.875 bits per heavy atom. The molecule has 6 nitrogen and oxygen atoms in total. The van der Waals surface area contributed by atoms with E-state index in [0.717, 1.165) is 11.1 Å². The highest BCUT2D eigenvalue weighted by atomic mass is 79.9. The number of carbonyl (C=O) groups is 2. The van der Waals surface area contributed by atoms with E-state index in [-0.39, 0.29) is 6.61 Å². The molecule has 0 saturated heterocycles. The highest BCUT2D eigenvalue weighted by Crippen LogP contribution is 2.29. The predicted molar refractivity (Wildman–Crippen MR) is 127 cm³/mol. The number of halogens is 1. The molecule has 0 bridgehead atoms. The van der Waals surface area contributed by atoms with E-state index >= 15 is 0 Å². The summed E-state index contributed by atoms with van der Waals surface area (Å²) in [6.07, 6.45) is 0. The maximum absolute atomic E-state index is 12.4. The summed E-state index contributed by atoms with van der Waals surface area (Å²) < 4.78 is 12.0. The summed E-state index contributed by atoms with van der Waals surface area (Å²) in [6, 6.07) is 22.2. The number of benzene rings is 3. The molecule has 0 heterocycles. The molecular formula is C25H25BrN2O4. The number of ether oxygens (including phenoxy) is 2. The smallest absolute Gasteiger partial charge is 0.276 e. The van der Waals surface area contributed by atoms with Gasteiger partial charge < -0.3 is 9.47 Å². The molecule has 0 aliphatic heterocycles. The molecule has 0 aliphatic rings. The fourth-order valence-corrected chi connectivity index (χ4v) is 3.34. The van der Waals surface area contributed by atoms with E-state index in [4.69, 9.17) is 9.47 Å². The molecule has 3 aromatic rings. The third-order valence-corrected chi connectivity index (χ3v) is 5.03. The summed E-state index contributed by atoms with van der Waals surface area (Å²) in [7, 11) is 0. The zero-order valence-corrected chi connectivity index (χ0v) is 19.5. The Balaban J connectivity index is 1.53. The van der Waals surface area contributed by atoms with Gasteiger partial charge in [-0.3, -0.25) is 20.4 Å². The van der Waals surface area contributed by atoms with Crippen LogP contribution in [0, 0.1) is 5.92 Å². The number of rotatable bonds is 8. The van der Waals surface area contributed by atoms with Crippen LogP contribution in [-0.4, -0.2) is 25.0 Å². The number of nitrogens with one attached hydrogen (secondary N) is 2. The first-order valence-corrected chi connectivity index (χ1v) is 11.0. The van der Waals surface area contributed by atoms with Crippen LogP contribution in [0.25, 0.3) is 11.1 Å². The van der Waals surface area contributed by atoms with Gasteiger partial charge in [-0.05, 0) is 51.7 Å². The van der Waals surface area contributed by atoms with Gasteiger partial charge in [0.25, 0.3) is 11.8 Å². The van der Waals surface area contributed by atoms with E-state index in [1.807, 2.05) is 48.5 Å². The second-order valence-corrected chi connectivity index (χ2v) is 8.36. The van der Waals surface area contributed by atoms with E-state index in [2.05, 4.69) is 40.6 Å². The van der Waals surface area contributed by atoms with Crippen molar-refractivity contribution in [1.29, 1.82) is 0 Å². The monoisotopic (exact) mass is 496 g/mol. The molecule has 0 unspecified atom stereocenters. The Hall–Kier alpha value is -3.32. The van der Waals surface area contributed by atoms with Crippen LogP contribution in [0.15, 0.2) is 77.3 Å². The fourth-order valence-electron chi connectivity index (χ4n) is 2.84. The standard InChI is InChI=1S/C25H25BrN2O4/c1-17(2)15-31-23-13-12-19(14-21(23)26)25(30)28-27-24(29)16-32-22-11-7-6-10-20(22)18-8-4-3-5-9-18/h3-14,17H,15-16H2,1-2H3,(H,27,29)(H,28,30). The van der Waals surface area contributed by atoms with E-state index in [1.165, 1.54) is 0 Å². The molecule has 2 N–H and O–H groups in total.